The molecule has 0 N–H and O–H groups in total. The van der Waals surface area contributed by atoms with E-state index in [9.17, 15) is 4.79 Å². The summed E-state index contributed by atoms with van der Waals surface area (Å²) in [5.41, 5.74) is 1.25. The van der Waals surface area contributed by atoms with Gasteiger partial charge < -0.3 is 4.74 Å². The first kappa shape index (κ1) is 13.5. The zero-order chi connectivity index (χ0) is 13.9. The normalized spacial score (nSPS) is 11.1. The quantitative estimate of drug-likeness (QED) is 0.666. The topological polar surface area (TPSA) is 26.3 Å². The van der Waals surface area contributed by atoms with E-state index < -0.39 is 0 Å². The van der Waals surface area contributed by atoms with Crippen LogP contribution in [0.1, 0.15) is 5.56 Å². The summed E-state index contributed by atoms with van der Waals surface area (Å²) >= 11 is 3.41. The van der Waals surface area contributed by atoms with Crippen LogP contribution < -0.4 is 0 Å². The molecular weight excluding hydrogens is 288 g/mol. The highest BCUT2D eigenvalue weighted by Gasteiger charge is 2.06. The van der Waals surface area contributed by atoms with E-state index in [1.165, 1.54) is 32.8 Å². The highest BCUT2D eigenvalue weighted by Crippen LogP contribution is 2.34. The smallest absolute Gasteiger partial charge is 0.315 e. The molecule has 0 saturated heterocycles. The lowest BCUT2D eigenvalue weighted by Gasteiger charge is -2.02. The van der Waals surface area contributed by atoms with E-state index >= 15 is 0 Å². The van der Waals surface area contributed by atoms with Crippen LogP contribution in [0.5, 0.6) is 0 Å². The number of methoxy groups -OCH3 is 1. The Labute approximate surface area is 125 Å². The number of carbonyl (C=O) groups excluding carboxylic acids is 1. The van der Waals surface area contributed by atoms with Crippen LogP contribution in [0.3, 0.4) is 0 Å². The van der Waals surface area contributed by atoms with Crippen molar-refractivity contribution in [1.82, 2.24) is 0 Å². The predicted octanol–water partition coefficient (Wildman–Crippen LogP) is 4.46. The van der Waals surface area contributed by atoms with Crippen LogP contribution in [0, 0.1) is 0 Å². The average Bonchev–Trinajstić information content (AvgIpc) is 2.85. The van der Waals surface area contributed by atoms with Crippen molar-refractivity contribution >= 4 is 49.2 Å². The van der Waals surface area contributed by atoms with Crippen LogP contribution in [-0.4, -0.2) is 18.8 Å². The zero-order valence-electron chi connectivity index (χ0n) is 11.1. The van der Waals surface area contributed by atoms with Crippen molar-refractivity contribution in [3.8, 4) is 0 Å². The molecule has 0 aliphatic carbocycles. The molecule has 3 aromatic rings. The minimum Gasteiger partial charge on any atom is -0.468 e. The minimum absolute atomic E-state index is 0.169. The molecule has 0 unspecified atom stereocenters. The second-order valence-corrected chi connectivity index (χ2v) is 6.57. The molecule has 0 spiro atoms. The lowest BCUT2D eigenvalue weighted by atomic mass is 10.1. The minimum atomic E-state index is -0.169. The van der Waals surface area contributed by atoms with Gasteiger partial charge in [-0.1, -0.05) is 24.3 Å². The molecule has 0 atom stereocenters. The molecule has 4 heteroatoms. The fourth-order valence-corrected chi connectivity index (χ4v) is 4.06. The number of hydrogen-bond acceptors (Lipinski definition) is 4. The molecule has 2 nitrogen and oxygen atoms in total. The number of carbonyl (C=O) groups is 1. The second-order valence-electron chi connectivity index (χ2n) is 4.50. The van der Waals surface area contributed by atoms with Crippen molar-refractivity contribution in [2.75, 3.05) is 12.9 Å². The van der Waals surface area contributed by atoms with Crippen molar-refractivity contribution in [3.63, 3.8) is 0 Å². The molecular formula is C16H14O2S2. The van der Waals surface area contributed by atoms with Gasteiger partial charge in [0.05, 0.1) is 12.9 Å². The largest absolute Gasteiger partial charge is 0.468 e. The Morgan fingerprint density at radius 3 is 2.80 bits per heavy atom. The summed E-state index contributed by atoms with van der Waals surface area (Å²) in [7, 11) is 1.42. The molecule has 0 aliphatic rings. The van der Waals surface area contributed by atoms with Crippen LogP contribution in [0.4, 0.5) is 0 Å². The van der Waals surface area contributed by atoms with E-state index in [1.54, 1.807) is 11.8 Å². The first-order chi connectivity index (χ1) is 9.78. The van der Waals surface area contributed by atoms with E-state index in [0.717, 1.165) is 5.75 Å². The summed E-state index contributed by atoms with van der Waals surface area (Å²) in [6.07, 6.45) is 0. The lowest BCUT2D eigenvalue weighted by molar-refractivity contribution is -0.137. The summed E-state index contributed by atoms with van der Waals surface area (Å²) in [5, 5.41) is 2.62. The highest BCUT2D eigenvalue weighted by molar-refractivity contribution is 7.99. The van der Waals surface area contributed by atoms with Gasteiger partial charge in [-0.15, -0.1) is 23.1 Å². The van der Waals surface area contributed by atoms with Gasteiger partial charge in [0, 0.05) is 25.9 Å². The van der Waals surface area contributed by atoms with E-state index in [-0.39, 0.29) is 5.97 Å². The van der Waals surface area contributed by atoms with Gasteiger partial charge in [-0.25, -0.2) is 0 Å². The molecule has 102 valence electrons. The predicted molar refractivity (Wildman–Crippen MR) is 87.5 cm³/mol. The Morgan fingerprint density at radius 1 is 1.15 bits per heavy atom. The second kappa shape index (κ2) is 5.85. The summed E-state index contributed by atoms with van der Waals surface area (Å²) in [5.74, 6) is 1.06. The molecule has 0 aliphatic heterocycles. The van der Waals surface area contributed by atoms with Crippen molar-refractivity contribution in [2.45, 2.75) is 5.75 Å². The van der Waals surface area contributed by atoms with Crippen LogP contribution in [0.2, 0.25) is 0 Å². The molecule has 2 aromatic carbocycles. The van der Waals surface area contributed by atoms with Gasteiger partial charge in [-0.2, -0.15) is 0 Å². The Hall–Kier alpha value is -1.52. The van der Waals surface area contributed by atoms with Crippen molar-refractivity contribution < 1.29 is 9.53 Å². The van der Waals surface area contributed by atoms with E-state index in [0.29, 0.717) is 5.75 Å². The molecule has 0 bridgehead atoms. The third-order valence-corrected chi connectivity index (χ3v) is 5.29. The first-order valence-electron chi connectivity index (χ1n) is 6.32. The lowest BCUT2D eigenvalue weighted by Crippen LogP contribution is -2.03. The summed E-state index contributed by atoms with van der Waals surface area (Å²) < 4.78 is 7.28. The van der Waals surface area contributed by atoms with Crippen LogP contribution in [0.15, 0.2) is 42.5 Å². The van der Waals surface area contributed by atoms with Gasteiger partial charge in [-0.05, 0) is 23.8 Å². The fraction of sp³-hybridized carbons (Fsp3) is 0.188. The van der Waals surface area contributed by atoms with Crippen molar-refractivity contribution in [2.24, 2.45) is 0 Å². The number of fused-ring (bicyclic) bond motifs is 3. The van der Waals surface area contributed by atoms with Gasteiger partial charge in [0.2, 0.25) is 0 Å². The monoisotopic (exact) mass is 302 g/mol. The Bertz CT molecular complexity index is 761. The summed E-state index contributed by atoms with van der Waals surface area (Å²) in [6.45, 7) is 0. The molecule has 0 fully saturated rings. The van der Waals surface area contributed by atoms with Gasteiger partial charge in [0.25, 0.3) is 0 Å². The summed E-state index contributed by atoms with van der Waals surface area (Å²) in [6, 6.07) is 15.0. The summed E-state index contributed by atoms with van der Waals surface area (Å²) in [4.78, 5) is 11.1. The molecule has 20 heavy (non-hydrogen) atoms. The molecule has 0 saturated carbocycles. The maximum absolute atomic E-state index is 11.1. The van der Waals surface area contributed by atoms with Gasteiger partial charge >= 0.3 is 5.97 Å². The van der Waals surface area contributed by atoms with E-state index in [2.05, 4.69) is 47.2 Å². The van der Waals surface area contributed by atoms with E-state index in [4.69, 9.17) is 0 Å². The third-order valence-electron chi connectivity index (χ3n) is 3.16. The third kappa shape index (κ3) is 2.67. The maximum Gasteiger partial charge on any atom is 0.315 e. The average molecular weight is 302 g/mol. The van der Waals surface area contributed by atoms with Crippen molar-refractivity contribution in [1.29, 1.82) is 0 Å². The zero-order valence-corrected chi connectivity index (χ0v) is 12.7. The number of hydrogen-bond donors (Lipinski definition) is 0. The standard InChI is InChI=1S/C16H14O2S2/c1-18-16(17)10-19-9-11-6-7-15-13(8-11)12-4-2-3-5-14(12)20-15/h2-8H,9-10H2,1H3. The number of ether oxygens (including phenoxy) is 1. The van der Waals surface area contributed by atoms with Gasteiger partial charge in [0.1, 0.15) is 0 Å². The first-order valence-corrected chi connectivity index (χ1v) is 8.30. The van der Waals surface area contributed by atoms with Gasteiger partial charge in [-0.3, -0.25) is 4.79 Å². The number of benzene rings is 2. The molecule has 1 aromatic heterocycles. The Kier molecular flexibility index (Phi) is 3.94. The maximum atomic E-state index is 11.1. The Morgan fingerprint density at radius 2 is 1.95 bits per heavy atom. The van der Waals surface area contributed by atoms with Crippen LogP contribution in [0.25, 0.3) is 20.2 Å². The SMILES string of the molecule is COC(=O)CSCc1ccc2sc3ccccc3c2c1. The molecule has 0 amide bonds. The molecule has 3 rings (SSSR count). The molecule has 1 heterocycles. The van der Waals surface area contributed by atoms with Gasteiger partial charge in [0.15, 0.2) is 0 Å². The number of thioether (sulfide) groups is 1. The molecule has 0 radical (unpaired) electrons. The van der Waals surface area contributed by atoms with Crippen LogP contribution >= 0.6 is 23.1 Å². The van der Waals surface area contributed by atoms with E-state index in [1.807, 2.05) is 11.3 Å². The number of rotatable bonds is 4. The van der Waals surface area contributed by atoms with Crippen LogP contribution in [-0.2, 0) is 15.3 Å². The fourth-order valence-electron chi connectivity index (χ4n) is 2.17. The number of thiophene rings is 1. The number of esters is 1. The Balaban J connectivity index is 1.86. The highest BCUT2D eigenvalue weighted by atomic mass is 32.2. The van der Waals surface area contributed by atoms with Crippen molar-refractivity contribution in [3.05, 3.63) is 48.0 Å².